The molecule has 3 N–H and O–H groups in total. The first-order valence-corrected chi connectivity index (χ1v) is 6.29. The molecule has 0 aliphatic rings. The van der Waals surface area contributed by atoms with Crippen LogP contribution in [0.25, 0.3) is 0 Å². The van der Waals surface area contributed by atoms with E-state index in [0.717, 1.165) is 5.56 Å². The molecule has 0 radical (unpaired) electrons. The molecular weight excluding hydrogens is 270 g/mol. The van der Waals surface area contributed by atoms with Crippen molar-refractivity contribution in [3.05, 3.63) is 53.3 Å². The number of nitrogens with one attached hydrogen (secondary N) is 2. The largest absolute Gasteiger partial charge is 0.506 e. The van der Waals surface area contributed by atoms with Gasteiger partial charge in [0.05, 0.1) is 11.8 Å². The van der Waals surface area contributed by atoms with E-state index >= 15 is 0 Å². The molecule has 0 saturated heterocycles. The summed E-state index contributed by atoms with van der Waals surface area (Å²) in [6.45, 7) is 1.79. The summed E-state index contributed by atoms with van der Waals surface area (Å²) in [5, 5.41) is 14.6. The molecule has 0 saturated carbocycles. The van der Waals surface area contributed by atoms with Gasteiger partial charge in [-0.3, -0.25) is 14.6 Å². The van der Waals surface area contributed by atoms with Crippen molar-refractivity contribution in [2.75, 3.05) is 12.4 Å². The van der Waals surface area contributed by atoms with Crippen LogP contribution in [0.1, 0.15) is 26.3 Å². The van der Waals surface area contributed by atoms with Crippen molar-refractivity contribution in [3.8, 4) is 5.75 Å². The van der Waals surface area contributed by atoms with Crippen LogP contribution in [0.2, 0.25) is 0 Å². The van der Waals surface area contributed by atoms with Gasteiger partial charge in [-0.15, -0.1) is 0 Å². The van der Waals surface area contributed by atoms with Gasteiger partial charge in [-0.05, 0) is 36.8 Å². The van der Waals surface area contributed by atoms with Crippen LogP contribution in [0.5, 0.6) is 5.75 Å². The third-order valence-electron chi connectivity index (χ3n) is 2.95. The Bertz CT molecular complexity index is 698. The highest BCUT2D eigenvalue weighted by Gasteiger charge is 2.10. The average molecular weight is 285 g/mol. The maximum absolute atomic E-state index is 12.1. The van der Waals surface area contributed by atoms with Gasteiger partial charge in [-0.25, -0.2) is 0 Å². The SMILES string of the molecule is CNC(=O)c1ccc(NC(=O)c2cncc(O)c2)c(C)c1. The standard InChI is InChI=1S/C15H15N3O3/c1-9-5-10(14(20)16-2)3-4-13(9)18-15(21)11-6-12(19)8-17-7-11/h3-8,19H,1-2H3,(H,16,20)(H,18,21). The van der Waals surface area contributed by atoms with Crippen LogP contribution in [0.15, 0.2) is 36.7 Å². The van der Waals surface area contributed by atoms with Gasteiger partial charge in [-0.1, -0.05) is 0 Å². The summed E-state index contributed by atoms with van der Waals surface area (Å²) in [6.07, 6.45) is 2.61. The molecule has 0 spiro atoms. The molecule has 2 rings (SSSR count). The lowest BCUT2D eigenvalue weighted by molar-refractivity contribution is 0.0962. The highest BCUT2D eigenvalue weighted by molar-refractivity contribution is 6.05. The number of benzene rings is 1. The molecule has 2 amide bonds. The van der Waals surface area contributed by atoms with Crippen LogP contribution < -0.4 is 10.6 Å². The number of aryl methyl sites for hydroxylation is 1. The van der Waals surface area contributed by atoms with E-state index in [1.54, 1.807) is 32.2 Å². The van der Waals surface area contributed by atoms with E-state index < -0.39 is 0 Å². The van der Waals surface area contributed by atoms with Gasteiger partial charge in [0.1, 0.15) is 5.75 Å². The molecule has 2 aromatic rings. The topological polar surface area (TPSA) is 91.3 Å². The van der Waals surface area contributed by atoms with Crippen molar-refractivity contribution in [3.63, 3.8) is 0 Å². The van der Waals surface area contributed by atoms with Crippen molar-refractivity contribution in [1.82, 2.24) is 10.3 Å². The monoisotopic (exact) mass is 285 g/mol. The van der Waals surface area contributed by atoms with Crippen molar-refractivity contribution in [2.45, 2.75) is 6.92 Å². The predicted molar refractivity (Wildman–Crippen MR) is 78.4 cm³/mol. The molecule has 6 nitrogen and oxygen atoms in total. The number of carbonyl (C=O) groups excluding carboxylic acids is 2. The quantitative estimate of drug-likeness (QED) is 0.800. The first kappa shape index (κ1) is 14.5. The van der Waals surface area contributed by atoms with Crippen molar-refractivity contribution >= 4 is 17.5 Å². The Morgan fingerprint density at radius 3 is 2.48 bits per heavy atom. The number of amides is 2. The predicted octanol–water partition coefficient (Wildman–Crippen LogP) is 1.71. The number of pyridine rings is 1. The molecule has 0 fully saturated rings. The van der Waals surface area contributed by atoms with Gasteiger partial charge < -0.3 is 15.7 Å². The highest BCUT2D eigenvalue weighted by Crippen LogP contribution is 2.18. The van der Waals surface area contributed by atoms with E-state index in [2.05, 4.69) is 15.6 Å². The summed E-state index contributed by atoms with van der Waals surface area (Å²) in [6, 6.07) is 6.31. The average Bonchev–Trinajstić information content (AvgIpc) is 2.48. The minimum atomic E-state index is -0.380. The number of anilines is 1. The molecule has 1 aromatic carbocycles. The van der Waals surface area contributed by atoms with E-state index in [4.69, 9.17) is 0 Å². The molecule has 0 bridgehead atoms. The number of aromatic nitrogens is 1. The van der Waals surface area contributed by atoms with Crippen LogP contribution in [-0.4, -0.2) is 29.0 Å². The van der Waals surface area contributed by atoms with Gasteiger partial charge in [0.25, 0.3) is 11.8 Å². The Balaban J connectivity index is 2.20. The summed E-state index contributed by atoms with van der Waals surface area (Å²) < 4.78 is 0. The van der Waals surface area contributed by atoms with Crippen LogP contribution in [0.4, 0.5) is 5.69 Å². The number of nitrogens with zero attached hydrogens (tertiary/aromatic N) is 1. The fourth-order valence-electron chi connectivity index (χ4n) is 1.84. The van der Waals surface area contributed by atoms with E-state index in [0.29, 0.717) is 11.3 Å². The molecule has 0 atom stereocenters. The minimum Gasteiger partial charge on any atom is -0.506 e. The Morgan fingerprint density at radius 2 is 1.86 bits per heavy atom. The summed E-state index contributed by atoms with van der Waals surface area (Å²) in [4.78, 5) is 27.3. The van der Waals surface area contributed by atoms with Crippen molar-refractivity contribution in [1.29, 1.82) is 0 Å². The molecule has 1 aromatic heterocycles. The first-order valence-electron chi connectivity index (χ1n) is 6.29. The maximum Gasteiger partial charge on any atom is 0.257 e. The Morgan fingerprint density at radius 1 is 1.10 bits per heavy atom. The zero-order chi connectivity index (χ0) is 15.4. The van der Waals surface area contributed by atoms with Crippen molar-refractivity contribution < 1.29 is 14.7 Å². The van der Waals surface area contributed by atoms with E-state index in [9.17, 15) is 14.7 Å². The van der Waals surface area contributed by atoms with E-state index in [1.165, 1.54) is 18.5 Å². The molecule has 0 unspecified atom stereocenters. The van der Waals surface area contributed by atoms with Crippen LogP contribution in [-0.2, 0) is 0 Å². The fraction of sp³-hybridized carbons (Fsp3) is 0.133. The summed E-state index contributed by atoms with van der Waals surface area (Å²) in [5.74, 6) is -0.642. The Labute approximate surface area is 121 Å². The lowest BCUT2D eigenvalue weighted by atomic mass is 10.1. The molecular formula is C15H15N3O3. The lowest BCUT2D eigenvalue weighted by Crippen LogP contribution is -2.18. The second-order valence-corrected chi connectivity index (χ2v) is 4.49. The summed E-state index contributed by atoms with van der Waals surface area (Å²) in [7, 11) is 1.56. The third kappa shape index (κ3) is 3.36. The zero-order valence-corrected chi connectivity index (χ0v) is 11.7. The lowest BCUT2D eigenvalue weighted by Gasteiger charge is -2.10. The number of aromatic hydroxyl groups is 1. The number of rotatable bonds is 3. The number of hydrogen-bond acceptors (Lipinski definition) is 4. The van der Waals surface area contributed by atoms with E-state index in [-0.39, 0.29) is 23.1 Å². The van der Waals surface area contributed by atoms with Crippen LogP contribution in [0.3, 0.4) is 0 Å². The normalized spacial score (nSPS) is 10.0. The summed E-state index contributed by atoms with van der Waals surface area (Å²) >= 11 is 0. The van der Waals surface area contributed by atoms with Crippen LogP contribution >= 0.6 is 0 Å². The molecule has 0 aliphatic carbocycles. The zero-order valence-electron chi connectivity index (χ0n) is 11.7. The molecule has 0 aliphatic heterocycles. The summed E-state index contributed by atoms with van der Waals surface area (Å²) in [5.41, 5.74) is 2.13. The number of carbonyl (C=O) groups is 2. The second-order valence-electron chi connectivity index (χ2n) is 4.49. The van der Waals surface area contributed by atoms with Crippen molar-refractivity contribution in [2.24, 2.45) is 0 Å². The molecule has 21 heavy (non-hydrogen) atoms. The highest BCUT2D eigenvalue weighted by atomic mass is 16.3. The first-order chi connectivity index (χ1) is 10.0. The maximum atomic E-state index is 12.1. The second kappa shape index (κ2) is 6.04. The Hall–Kier alpha value is -2.89. The number of hydrogen-bond donors (Lipinski definition) is 3. The molecule has 6 heteroatoms. The molecule has 108 valence electrons. The minimum absolute atomic E-state index is 0.0747. The van der Waals surface area contributed by atoms with Gasteiger partial charge in [0, 0.05) is 24.5 Å². The van der Waals surface area contributed by atoms with Gasteiger partial charge in [0.15, 0.2) is 0 Å². The van der Waals surface area contributed by atoms with Gasteiger partial charge in [0.2, 0.25) is 0 Å². The van der Waals surface area contributed by atoms with E-state index in [1.807, 2.05) is 0 Å². The fourth-order valence-corrected chi connectivity index (χ4v) is 1.84. The van der Waals surface area contributed by atoms with Crippen LogP contribution in [0, 0.1) is 6.92 Å². The third-order valence-corrected chi connectivity index (χ3v) is 2.95. The van der Waals surface area contributed by atoms with Gasteiger partial charge >= 0.3 is 0 Å². The smallest absolute Gasteiger partial charge is 0.257 e. The molecule has 1 heterocycles. The van der Waals surface area contributed by atoms with Gasteiger partial charge in [-0.2, -0.15) is 0 Å². The Kier molecular flexibility index (Phi) is 4.18.